The minimum atomic E-state index is 0.338. The fraction of sp³-hybridized carbons (Fsp3) is 0.0625. The van der Waals surface area contributed by atoms with Crippen LogP contribution in [-0.2, 0) is 0 Å². The summed E-state index contributed by atoms with van der Waals surface area (Å²) in [6, 6.07) is 19.1. The molecule has 2 aromatic rings. The molecule has 88 valence electrons. The molecule has 0 fully saturated rings. The van der Waals surface area contributed by atoms with E-state index in [1.165, 1.54) is 16.7 Å². The van der Waals surface area contributed by atoms with Crippen LogP contribution in [-0.4, -0.2) is 6.21 Å². The van der Waals surface area contributed by atoms with Crippen molar-refractivity contribution in [3.8, 4) is 0 Å². The van der Waals surface area contributed by atoms with Crippen molar-refractivity contribution >= 4 is 18.0 Å². The summed E-state index contributed by atoms with van der Waals surface area (Å²) >= 11 is 1.80. The largest absolute Gasteiger partial charge is 0.264 e. The van der Waals surface area contributed by atoms with Crippen LogP contribution in [0.2, 0.25) is 0 Å². The molecular weight excluding hydrogens is 238 g/mol. The number of thioether (sulfide) groups is 1. The summed E-state index contributed by atoms with van der Waals surface area (Å²) in [6.45, 7) is 0. The molecule has 0 aliphatic carbocycles. The number of hydrogen-bond acceptors (Lipinski definition) is 2. The van der Waals surface area contributed by atoms with Crippen molar-refractivity contribution in [3.63, 3.8) is 0 Å². The zero-order valence-electron chi connectivity index (χ0n) is 9.86. The number of benzene rings is 2. The Morgan fingerprint density at radius 1 is 0.889 bits per heavy atom. The van der Waals surface area contributed by atoms with E-state index in [9.17, 15) is 0 Å². The molecule has 0 amide bonds. The van der Waals surface area contributed by atoms with E-state index in [1.807, 2.05) is 12.4 Å². The van der Waals surface area contributed by atoms with Gasteiger partial charge in [-0.3, -0.25) is 4.99 Å². The molecule has 0 aromatic heterocycles. The van der Waals surface area contributed by atoms with Gasteiger partial charge in [-0.2, -0.15) is 0 Å². The molecule has 1 aliphatic rings. The van der Waals surface area contributed by atoms with E-state index < -0.39 is 0 Å². The fourth-order valence-corrected chi connectivity index (χ4v) is 3.07. The van der Waals surface area contributed by atoms with Crippen molar-refractivity contribution in [3.05, 3.63) is 82.9 Å². The van der Waals surface area contributed by atoms with E-state index in [1.54, 1.807) is 11.8 Å². The summed E-state index contributed by atoms with van der Waals surface area (Å²) in [6.07, 6.45) is 3.79. The van der Waals surface area contributed by atoms with Gasteiger partial charge >= 0.3 is 0 Å². The lowest BCUT2D eigenvalue weighted by Crippen LogP contribution is -2.01. The maximum Gasteiger partial charge on any atom is 0.0594 e. The van der Waals surface area contributed by atoms with Gasteiger partial charge in [-0.15, -0.1) is 11.8 Å². The van der Waals surface area contributed by atoms with Gasteiger partial charge in [0.2, 0.25) is 0 Å². The van der Waals surface area contributed by atoms with Gasteiger partial charge in [-0.05, 0) is 22.1 Å². The van der Waals surface area contributed by atoms with Gasteiger partial charge in [0, 0.05) is 12.4 Å². The number of hydrogen-bond donors (Lipinski definition) is 0. The van der Waals surface area contributed by atoms with E-state index in [0.717, 1.165) is 0 Å². The highest BCUT2D eigenvalue weighted by Gasteiger charge is 2.16. The molecule has 1 aliphatic heterocycles. The molecule has 0 bridgehead atoms. The number of fused-ring (bicyclic) bond motifs is 1. The molecule has 1 nitrogen and oxygen atoms in total. The minimum absolute atomic E-state index is 0.338. The first-order valence-electron chi connectivity index (χ1n) is 5.93. The number of rotatable bonds is 1. The van der Waals surface area contributed by atoms with E-state index in [2.05, 4.69) is 65.0 Å². The summed E-state index contributed by atoms with van der Waals surface area (Å²) in [7, 11) is 0. The summed E-state index contributed by atoms with van der Waals surface area (Å²) in [4.78, 5) is 4.27. The van der Waals surface area contributed by atoms with E-state index >= 15 is 0 Å². The molecule has 1 unspecified atom stereocenters. The Bertz CT molecular complexity index is 587. The van der Waals surface area contributed by atoms with E-state index in [4.69, 9.17) is 0 Å². The van der Waals surface area contributed by atoms with Crippen molar-refractivity contribution in [2.24, 2.45) is 4.99 Å². The zero-order chi connectivity index (χ0) is 12.2. The average molecular weight is 251 g/mol. The van der Waals surface area contributed by atoms with Crippen LogP contribution in [0.25, 0.3) is 0 Å². The quantitative estimate of drug-likeness (QED) is 0.731. The first-order chi connectivity index (χ1) is 8.95. The number of nitrogens with zero attached hydrogens (tertiary/aromatic N) is 1. The number of aliphatic imine (C=N–C) groups is 1. The third-order valence-corrected chi connectivity index (χ3v) is 4.03. The molecule has 0 N–H and O–H groups in total. The Morgan fingerprint density at radius 2 is 1.67 bits per heavy atom. The molecule has 3 rings (SSSR count). The lowest BCUT2D eigenvalue weighted by molar-refractivity contribution is 1.15. The Labute approximate surface area is 111 Å². The van der Waals surface area contributed by atoms with Crippen molar-refractivity contribution in [1.29, 1.82) is 0 Å². The van der Waals surface area contributed by atoms with Crippen LogP contribution in [0.1, 0.15) is 21.9 Å². The SMILES string of the molecule is C1=C\SC(c2ccccc2)c2ccccc2\C=N/1. The van der Waals surface area contributed by atoms with Crippen LogP contribution in [0.15, 0.2) is 71.2 Å². The van der Waals surface area contributed by atoms with Crippen LogP contribution in [0.3, 0.4) is 0 Å². The summed E-state index contributed by atoms with van der Waals surface area (Å²) in [5.41, 5.74) is 3.85. The third kappa shape index (κ3) is 2.24. The van der Waals surface area contributed by atoms with Crippen LogP contribution < -0.4 is 0 Å². The maximum atomic E-state index is 4.27. The first kappa shape index (κ1) is 11.3. The van der Waals surface area contributed by atoms with Gasteiger partial charge in [0.15, 0.2) is 0 Å². The second-order valence-corrected chi connectivity index (χ2v) is 5.13. The van der Waals surface area contributed by atoms with Gasteiger partial charge in [0.1, 0.15) is 0 Å². The van der Waals surface area contributed by atoms with Crippen molar-refractivity contribution in [2.45, 2.75) is 5.25 Å². The molecule has 1 heterocycles. The zero-order valence-corrected chi connectivity index (χ0v) is 10.7. The highest BCUT2D eigenvalue weighted by Crippen LogP contribution is 2.38. The smallest absolute Gasteiger partial charge is 0.0594 e. The lowest BCUT2D eigenvalue weighted by Gasteiger charge is -2.18. The van der Waals surface area contributed by atoms with Crippen LogP contribution in [0.4, 0.5) is 0 Å². The second-order valence-electron chi connectivity index (χ2n) is 4.12. The minimum Gasteiger partial charge on any atom is -0.264 e. The predicted octanol–water partition coefficient (Wildman–Crippen LogP) is 4.41. The fourth-order valence-electron chi connectivity index (χ4n) is 2.10. The normalized spacial score (nSPS) is 21.4. The Kier molecular flexibility index (Phi) is 3.29. The van der Waals surface area contributed by atoms with Crippen molar-refractivity contribution in [2.75, 3.05) is 0 Å². The summed E-state index contributed by atoms with van der Waals surface area (Å²) in [5.74, 6) is 0. The lowest BCUT2D eigenvalue weighted by atomic mass is 10.00. The molecule has 2 heteroatoms. The highest BCUT2D eigenvalue weighted by molar-refractivity contribution is 8.02. The van der Waals surface area contributed by atoms with Crippen LogP contribution in [0.5, 0.6) is 0 Å². The van der Waals surface area contributed by atoms with Gasteiger partial charge in [0.25, 0.3) is 0 Å². The Balaban J connectivity index is 2.12. The maximum absolute atomic E-state index is 4.27. The van der Waals surface area contributed by atoms with E-state index in [-0.39, 0.29) is 0 Å². The molecule has 0 radical (unpaired) electrons. The van der Waals surface area contributed by atoms with E-state index in [0.29, 0.717) is 5.25 Å². The average Bonchev–Trinajstić information content (AvgIpc) is 2.41. The topological polar surface area (TPSA) is 12.4 Å². The standard InChI is InChI=1S/C16H13NS/c1-2-6-13(7-3-1)16-15-9-5-4-8-14(15)12-17-10-11-18-16/h1-12,16H/b11-10-,17-12-. The molecule has 0 saturated carbocycles. The molecule has 18 heavy (non-hydrogen) atoms. The second kappa shape index (κ2) is 5.23. The van der Waals surface area contributed by atoms with Crippen LogP contribution >= 0.6 is 11.8 Å². The highest BCUT2D eigenvalue weighted by atomic mass is 32.2. The Hall–Kier alpha value is -1.80. The van der Waals surface area contributed by atoms with Gasteiger partial charge < -0.3 is 0 Å². The first-order valence-corrected chi connectivity index (χ1v) is 6.87. The van der Waals surface area contributed by atoms with Gasteiger partial charge in [-0.1, -0.05) is 54.6 Å². The molecule has 0 spiro atoms. The molecule has 2 aromatic carbocycles. The molecule has 0 saturated heterocycles. The van der Waals surface area contributed by atoms with Crippen molar-refractivity contribution < 1.29 is 0 Å². The van der Waals surface area contributed by atoms with Crippen LogP contribution in [0, 0.1) is 0 Å². The summed E-state index contributed by atoms with van der Waals surface area (Å²) in [5, 5.41) is 2.40. The molecule has 1 atom stereocenters. The summed E-state index contributed by atoms with van der Waals surface area (Å²) < 4.78 is 0. The van der Waals surface area contributed by atoms with Gasteiger partial charge in [-0.25, -0.2) is 0 Å². The monoisotopic (exact) mass is 251 g/mol. The molecular formula is C16H13NS. The Morgan fingerprint density at radius 3 is 2.56 bits per heavy atom. The third-order valence-electron chi connectivity index (χ3n) is 2.96. The predicted molar refractivity (Wildman–Crippen MR) is 79.1 cm³/mol. The van der Waals surface area contributed by atoms with Gasteiger partial charge in [0.05, 0.1) is 5.25 Å². The van der Waals surface area contributed by atoms with Crippen molar-refractivity contribution in [1.82, 2.24) is 0 Å².